The van der Waals surface area contributed by atoms with Crippen LogP contribution in [0, 0.1) is 5.92 Å². The highest BCUT2D eigenvalue weighted by atomic mass is 16.1. The van der Waals surface area contributed by atoms with Crippen molar-refractivity contribution in [2.24, 2.45) is 10.9 Å². The first-order chi connectivity index (χ1) is 11.7. The zero-order valence-corrected chi connectivity index (χ0v) is 14.5. The first-order valence-corrected chi connectivity index (χ1v) is 9.11. The Labute approximate surface area is 144 Å². The van der Waals surface area contributed by atoms with Crippen molar-refractivity contribution in [3.8, 4) is 0 Å². The smallest absolute Gasteiger partial charge is 0.227 e. The molecule has 1 amide bonds. The fourth-order valence-electron chi connectivity index (χ4n) is 3.17. The molecule has 0 atom stereocenters. The van der Waals surface area contributed by atoms with E-state index >= 15 is 0 Å². The van der Waals surface area contributed by atoms with Crippen molar-refractivity contribution in [1.29, 1.82) is 0 Å². The van der Waals surface area contributed by atoms with Gasteiger partial charge in [-0.1, -0.05) is 31.4 Å². The molecule has 0 bridgehead atoms. The summed E-state index contributed by atoms with van der Waals surface area (Å²) in [7, 11) is 1.79. The van der Waals surface area contributed by atoms with Gasteiger partial charge >= 0.3 is 0 Å². The minimum Gasteiger partial charge on any atom is -0.354 e. The topological polar surface area (TPSA) is 65.5 Å². The molecule has 2 aliphatic carbocycles. The van der Waals surface area contributed by atoms with Crippen molar-refractivity contribution in [1.82, 2.24) is 10.6 Å². The van der Waals surface area contributed by atoms with E-state index in [1.54, 1.807) is 7.05 Å². The van der Waals surface area contributed by atoms with Gasteiger partial charge in [0.1, 0.15) is 0 Å². The van der Waals surface area contributed by atoms with Gasteiger partial charge in [-0.25, -0.2) is 0 Å². The number of anilines is 1. The van der Waals surface area contributed by atoms with Crippen LogP contribution < -0.4 is 16.0 Å². The van der Waals surface area contributed by atoms with Crippen LogP contribution in [0.25, 0.3) is 0 Å². The summed E-state index contributed by atoms with van der Waals surface area (Å²) in [4.78, 5) is 16.6. The van der Waals surface area contributed by atoms with E-state index in [2.05, 4.69) is 27.0 Å². The van der Waals surface area contributed by atoms with Crippen LogP contribution in [0.15, 0.2) is 29.3 Å². The number of aliphatic imine (C=N–C) groups is 1. The van der Waals surface area contributed by atoms with E-state index in [9.17, 15) is 4.79 Å². The van der Waals surface area contributed by atoms with E-state index in [0.29, 0.717) is 12.6 Å². The monoisotopic (exact) mass is 328 g/mol. The third-order valence-electron chi connectivity index (χ3n) is 4.77. The van der Waals surface area contributed by atoms with Gasteiger partial charge in [0, 0.05) is 31.2 Å². The van der Waals surface area contributed by atoms with Gasteiger partial charge in [0.15, 0.2) is 5.96 Å². The Balaban J connectivity index is 1.52. The molecule has 0 aromatic heterocycles. The molecule has 0 aliphatic heterocycles. The average molecular weight is 328 g/mol. The Morgan fingerprint density at radius 1 is 1.17 bits per heavy atom. The standard InChI is InChI=1S/C19H28N4O/c1-20-19(23-16-10-11-16)21-13-14-6-5-9-17(12-14)22-18(24)15-7-3-2-4-8-15/h5-6,9,12,15-16H,2-4,7-8,10-11,13H2,1H3,(H,22,24)(H2,20,21,23). The van der Waals surface area contributed by atoms with Gasteiger partial charge < -0.3 is 16.0 Å². The number of hydrogen-bond donors (Lipinski definition) is 3. The highest BCUT2D eigenvalue weighted by Gasteiger charge is 2.22. The average Bonchev–Trinajstić information content (AvgIpc) is 3.44. The Morgan fingerprint density at radius 3 is 2.67 bits per heavy atom. The molecule has 0 heterocycles. The summed E-state index contributed by atoms with van der Waals surface area (Å²) in [6.07, 6.45) is 8.12. The number of carbonyl (C=O) groups is 1. The normalized spacial score (nSPS) is 19.0. The molecule has 130 valence electrons. The molecule has 0 radical (unpaired) electrons. The van der Waals surface area contributed by atoms with Crippen molar-refractivity contribution >= 4 is 17.6 Å². The molecular formula is C19H28N4O. The molecule has 5 nitrogen and oxygen atoms in total. The second-order valence-corrected chi connectivity index (χ2v) is 6.87. The molecule has 3 N–H and O–H groups in total. The molecule has 0 unspecified atom stereocenters. The van der Waals surface area contributed by atoms with Crippen LogP contribution in [0.1, 0.15) is 50.5 Å². The number of nitrogens with one attached hydrogen (secondary N) is 3. The molecule has 0 spiro atoms. The fraction of sp³-hybridized carbons (Fsp3) is 0.579. The summed E-state index contributed by atoms with van der Waals surface area (Å²) >= 11 is 0. The molecule has 2 fully saturated rings. The zero-order chi connectivity index (χ0) is 16.8. The van der Waals surface area contributed by atoms with Gasteiger partial charge in [-0.05, 0) is 43.4 Å². The maximum atomic E-state index is 12.4. The Kier molecular flexibility index (Phi) is 5.72. The summed E-state index contributed by atoms with van der Waals surface area (Å²) < 4.78 is 0. The highest BCUT2D eigenvalue weighted by Crippen LogP contribution is 2.25. The van der Waals surface area contributed by atoms with E-state index < -0.39 is 0 Å². The minimum absolute atomic E-state index is 0.172. The largest absolute Gasteiger partial charge is 0.354 e. The molecule has 3 rings (SSSR count). The molecule has 2 saturated carbocycles. The second-order valence-electron chi connectivity index (χ2n) is 6.87. The van der Waals surface area contributed by atoms with Crippen LogP contribution in [0.4, 0.5) is 5.69 Å². The maximum absolute atomic E-state index is 12.4. The van der Waals surface area contributed by atoms with Crippen LogP contribution in [0.2, 0.25) is 0 Å². The lowest BCUT2D eigenvalue weighted by Crippen LogP contribution is -2.38. The predicted molar refractivity (Wildman–Crippen MR) is 98.0 cm³/mol. The highest BCUT2D eigenvalue weighted by molar-refractivity contribution is 5.92. The number of nitrogens with zero attached hydrogens (tertiary/aromatic N) is 1. The van der Waals surface area contributed by atoms with Crippen molar-refractivity contribution in [2.75, 3.05) is 12.4 Å². The molecule has 1 aromatic rings. The van der Waals surface area contributed by atoms with Crippen molar-refractivity contribution < 1.29 is 4.79 Å². The van der Waals surface area contributed by atoms with Gasteiger partial charge in [0.05, 0.1) is 0 Å². The summed E-state index contributed by atoms with van der Waals surface area (Å²) in [5.41, 5.74) is 2.02. The van der Waals surface area contributed by atoms with E-state index in [1.807, 2.05) is 18.2 Å². The lowest BCUT2D eigenvalue weighted by molar-refractivity contribution is -0.120. The van der Waals surface area contributed by atoms with Gasteiger partial charge in [0.25, 0.3) is 0 Å². The van der Waals surface area contributed by atoms with E-state index in [0.717, 1.165) is 30.1 Å². The summed E-state index contributed by atoms with van der Waals surface area (Å²) in [6, 6.07) is 8.63. The second kappa shape index (κ2) is 8.18. The van der Waals surface area contributed by atoms with Crippen LogP contribution in [0.5, 0.6) is 0 Å². The quantitative estimate of drug-likeness (QED) is 0.575. The van der Waals surface area contributed by atoms with Gasteiger partial charge in [-0.15, -0.1) is 0 Å². The Bertz CT molecular complexity index is 589. The lowest BCUT2D eigenvalue weighted by atomic mass is 9.88. The molecule has 0 saturated heterocycles. The predicted octanol–water partition coefficient (Wildman–Crippen LogP) is 3.03. The fourth-order valence-corrected chi connectivity index (χ4v) is 3.17. The zero-order valence-electron chi connectivity index (χ0n) is 14.5. The van der Waals surface area contributed by atoms with Crippen molar-refractivity contribution in [3.63, 3.8) is 0 Å². The number of benzene rings is 1. The van der Waals surface area contributed by atoms with Gasteiger partial charge in [0.2, 0.25) is 5.91 Å². The van der Waals surface area contributed by atoms with Crippen LogP contribution in [-0.4, -0.2) is 25.0 Å². The van der Waals surface area contributed by atoms with Crippen LogP contribution in [0.3, 0.4) is 0 Å². The minimum atomic E-state index is 0.172. The van der Waals surface area contributed by atoms with Crippen LogP contribution >= 0.6 is 0 Å². The van der Waals surface area contributed by atoms with Crippen LogP contribution in [-0.2, 0) is 11.3 Å². The molecule has 1 aromatic carbocycles. The molecule has 24 heavy (non-hydrogen) atoms. The first-order valence-electron chi connectivity index (χ1n) is 9.11. The molecular weight excluding hydrogens is 300 g/mol. The SMILES string of the molecule is CN=C(NCc1cccc(NC(=O)C2CCCCC2)c1)NC1CC1. The van der Waals surface area contributed by atoms with E-state index in [1.165, 1.54) is 32.1 Å². The summed E-state index contributed by atoms with van der Waals surface area (Å²) in [5.74, 6) is 1.20. The molecule has 5 heteroatoms. The van der Waals surface area contributed by atoms with E-state index in [4.69, 9.17) is 0 Å². The van der Waals surface area contributed by atoms with Gasteiger partial charge in [-0.2, -0.15) is 0 Å². The summed E-state index contributed by atoms with van der Waals surface area (Å²) in [6.45, 7) is 0.694. The third kappa shape index (κ3) is 4.98. The molecule has 2 aliphatic rings. The summed E-state index contributed by atoms with van der Waals surface area (Å²) in [5, 5.41) is 9.78. The number of amides is 1. The van der Waals surface area contributed by atoms with Crippen molar-refractivity contribution in [3.05, 3.63) is 29.8 Å². The van der Waals surface area contributed by atoms with Gasteiger partial charge in [-0.3, -0.25) is 9.79 Å². The number of rotatable bonds is 5. The van der Waals surface area contributed by atoms with E-state index in [-0.39, 0.29) is 11.8 Å². The lowest BCUT2D eigenvalue weighted by Gasteiger charge is -2.21. The number of guanidine groups is 1. The number of hydrogen-bond acceptors (Lipinski definition) is 2. The third-order valence-corrected chi connectivity index (χ3v) is 4.77. The maximum Gasteiger partial charge on any atom is 0.227 e. The first kappa shape index (κ1) is 16.8. The number of carbonyl (C=O) groups excluding carboxylic acids is 1. The Hall–Kier alpha value is -2.04. The Morgan fingerprint density at radius 2 is 1.96 bits per heavy atom. The van der Waals surface area contributed by atoms with Crippen molar-refractivity contribution in [2.45, 2.75) is 57.5 Å².